The first-order valence-corrected chi connectivity index (χ1v) is 7.29. The molecule has 0 amide bonds. The zero-order valence-corrected chi connectivity index (χ0v) is 12.9. The second-order valence-electron chi connectivity index (χ2n) is 6.38. The van der Waals surface area contributed by atoms with Crippen LogP contribution in [0.1, 0.15) is 33.3 Å². The molecule has 1 aromatic heterocycles. The predicted octanol–water partition coefficient (Wildman–Crippen LogP) is 3.64. The van der Waals surface area contributed by atoms with Crippen molar-refractivity contribution in [3.63, 3.8) is 0 Å². The largest absolute Gasteiger partial charge is 0.312 e. The van der Waals surface area contributed by atoms with E-state index >= 15 is 0 Å². The Morgan fingerprint density at radius 2 is 1.90 bits per heavy atom. The van der Waals surface area contributed by atoms with E-state index in [1.54, 1.807) is 0 Å². The van der Waals surface area contributed by atoms with Crippen LogP contribution in [0.2, 0.25) is 0 Å². The second kappa shape index (κ2) is 6.23. The van der Waals surface area contributed by atoms with Gasteiger partial charge in [0.05, 0.1) is 11.9 Å². The first-order valence-electron chi connectivity index (χ1n) is 7.29. The summed E-state index contributed by atoms with van der Waals surface area (Å²) in [5.41, 5.74) is 2.63. The van der Waals surface area contributed by atoms with E-state index in [0.717, 1.165) is 18.8 Å². The Bertz CT molecular complexity index is 526. The Morgan fingerprint density at radius 1 is 1.20 bits per heavy atom. The topological polar surface area (TPSA) is 29.9 Å². The maximum atomic E-state index is 4.41. The lowest BCUT2D eigenvalue weighted by atomic mass is 9.81. The van der Waals surface area contributed by atoms with Gasteiger partial charge in [0, 0.05) is 24.8 Å². The first-order chi connectivity index (χ1) is 9.49. The van der Waals surface area contributed by atoms with E-state index in [1.165, 1.54) is 5.56 Å². The average molecular weight is 271 g/mol. The number of aromatic nitrogens is 2. The Kier molecular flexibility index (Phi) is 4.61. The number of hydrogen-bond donors (Lipinski definition) is 1. The molecule has 0 spiro atoms. The van der Waals surface area contributed by atoms with Gasteiger partial charge in [0.1, 0.15) is 0 Å². The number of benzene rings is 1. The summed E-state index contributed by atoms with van der Waals surface area (Å²) in [5, 5.41) is 7.95. The molecule has 1 N–H and O–H groups in total. The standard InChI is InChI=1S/C17H25N3/c1-14(2)17(3,4)13-18-10-15-11-19-20(12-15)16-8-6-5-7-9-16/h5-9,11-12,14,18H,10,13H2,1-4H3. The number of nitrogens with one attached hydrogen (secondary N) is 1. The zero-order valence-electron chi connectivity index (χ0n) is 12.9. The molecule has 2 rings (SSSR count). The summed E-state index contributed by atoms with van der Waals surface area (Å²) in [4.78, 5) is 0. The molecule has 2 aromatic rings. The molecule has 0 radical (unpaired) electrons. The van der Waals surface area contributed by atoms with E-state index in [4.69, 9.17) is 0 Å². The lowest BCUT2D eigenvalue weighted by Crippen LogP contribution is -2.33. The van der Waals surface area contributed by atoms with Crippen molar-refractivity contribution < 1.29 is 0 Å². The van der Waals surface area contributed by atoms with Gasteiger partial charge in [-0.3, -0.25) is 0 Å². The fourth-order valence-corrected chi connectivity index (χ4v) is 1.91. The molecule has 3 nitrogen and oxygen atoms in total. The maximum Gasteiger partial charge on any atom is 0.0645 e. The highest BCUT2D eigenvalue weighted by molar-refractivity contribution is 5.30. The van der Waals surface area contributed by atoms with Crippen LogP contribution in [-0.4, -0.2) is 16.3 Å². The van der Waals surface area contributed by atoms with Gasteiger partial charge in [0.25, 0.3) is 0 Å². The maximum absolute atomic E-state index is 4.41. The molecule has 20 heavy (non-hydrogen) atoms. The summed E-state index contributed by atoms with van der Waals surface area (Å²) in [6.07, 6.45) is 4.02. The lowest BCUT2D eigenvalue weighted by Gasteiger charge is -2.29. The molecule has 1 heterocycles. The second-order valence-corrected chi connectivity index (χ2v) is 6.38. The Balaban J connectivity index is 1.91. The highest BCUT2D eigenvalue weighted by Gasteiger charge is 2.21. The normalized spacial score (nSPS) is 12.1. The van der Waals surface area contributed by atoms with E-state index in [-0.39, 0.29) is 0 Å². The molecule has 0 saturated heterocycles. The van der Waals surface area contributed by atoms with Crippen molar-refractivity contribution >= 4 is 0 Å². The number of rotatable bonds is 6. The van der Waals surface area contributed by atoms with Crippen LogP contribution in [-0.2, 0) is 6.54 Å². The summed E-state index contributed by atoms with van der Waals surface area (Å²) >= 11 is 0. The van der Waals surface area contributed by atoms with Crippen molar-refractivity contribution in [1.29, 1.82) is 0 Å². The Morgan fingerprint density at radius 3 is 2.55 bits per heavy atom. The molecule has 0 unspecified atom stereocenters. The first kappa shape index (κ1) is 14.8. The Labute approximate surface area is 122 Å². The summed E-state index contributed by atoms with van der Waals surface area (Å²) in [6.45, 7) is 11.0. The third-order valence-corrected chi connectivity index (χ3v) is 4.13. The quantitative estimate of drug-likeness (QED) is 0.869. The monoisotopic (exact) mass is 271 g/mol. The fourth-order valence-electron chi connectivity index (χ4n) is 1.91. The molecule has 0 aliphatic carbocycles. The van der Waals surface area contributed by atoms with Crippen molar-refractivity contribution in [3.05, 3.63) is 48.3 Å². The van der Waals surface area contributed by atoms with Gasteiger partial charge >= 0.3 is 0 Å². The number of nitrogens with zero attached hydrogens (tertiary/aromatic N) is 2. The van der Waals surface area contributed by atoms with E-state index in [9.17, 15) is 0 Å². The van der Waals surface area contributed by atoms with Gasteiger partial charge in [-0.15, -0.1) is 0 Å². The van der Waals surface area contributed by atoms with Crippen LogP contribution in [0.3, 0.4) is 0 Å². The third-order valence-electron chi connectivity index (χ3n) is 4.13. The Hall–Kier alpha value is -1.61. The molecular formula is C17H25N3. The third kappa shape index (κ3) is 3.70. The van der Waals surface area contributed by atoms with Crippen molar-refractivity contribution in [2.45, 2.75) is 34.2 Å². The van der Waals surface area contributed by atoms with Gasteiger partial charge in [0.2, 0.25) is 0 Å². The van der Waals surface area contributed by atoms with Crippen LogP contribution in [0, 0.1) is 11.3 Å². The molecule has 0 aliphatic heterocycles. The molecule has 108 valence electrons. The zero-order chi connectivity index (χ0) is 14.6. The molecule has 0 saturated carbocycles. The fraction of sp³-hybridized carbons (Fsp3) is 0.471. The van der Waals surface area contributed by atoms with E-state index in [2.05, 4.69) is 56.4 Å². The van der Waals surface area contributed by atoms with Crippen LogP contribution < -0.4 is 5.32 Å². The number of para-hydroxylation sites is 1. The van der Waals surface area contributed by atoms with E-state index < -0.39 is 0 Å². The summed E-state index contributed by atoms with van der Waals surface area (Å²) in [7, 11) is 0. The van der Waals surface area contributed by atoms with Gasteiger partial charge in [-0.05, 0) is 23.5 Å². The van der Waals surface area contributed by atoms with Gasteiger partial charge in [-0.1, -0.05) is 45.9 Å². The summed E-state index contributed by atoms with van der Waals surface area (Å²) in [5.74, 6) is 0.669. The summed E-state index contributed by atoms with van der Waals surface area (Å²) < 4.78 is 1.92. The van der Waals surface area contributed by atoms with Gasteiger partial charge in [-0.25, -0.2) is 4.68 Å². The molecule has 0 aliphatic rings. The van der Waals surface area contributed by atoms with Crippen molar-refractivity contribution in [2.75, 3.05) is 6.54 Å². The lowest BCUT2D eigenvalue weighted by molar-refractivity contribution is 0.238. The predicted molar refractivity (Wildman–Crippen MR) is 83.9 cm³/mol. The van der Waals surface area contributed by atoms with Gasteiger partial charge in [0.15, 0.2) is 0 Å². The van der Waals surface area contributed by atoms with Crippen molar-refractivity contribution in [3.8, 4) is 5.69 Å². The molecule has 0 bridgehead atoms. The van der Waals surface area contributed by atoms with Crippen LogP contribution in [0.25, 0.3) is 5.69 Å². The van der Waals surface area contributed by atoms with E-state index in [0.29, 0.717) is 11.3 Å². The number of hydrogen-bond acceptors (Lipinski definition) is 2. The SMILES string of the molecule is CC(C)C(C)(C)CNCc1cnn(-c2ccccc2)c1. The van der Waals surface area contributed by atoms with Crippen LogP contribution in [0.5, 0.6) is 0 Å². The minimum absolute atomic E-state index is 0.315. The highest BCUT2D eigenvalue weighted by Crippen LogP contribution is 2.24. The molecular weight excluding hydrogens is 246 g/mol. The minimum atomic E-state index is 0.315. The highest BCUT2D eigenvalue weighted by atomic mass is 15.3. The van der Waals surface area contributed by atoms with Gasteiger partial charge in [-0.2, -0.15) is 5.10 Å². The van der Waals surface area contributed by atoms with Gasteiger partial charge < -0.3 is 5.32 Å². The molecule has 0 atom stereocenters. The van der Waals surface area contributed by atoms with Crippen LogP contribution >= 0.6 is 0 Å². The van der Waals surface area contributed by atoms with Crippen LogP contribution in [0.15, 0.2) is 42.7 Å². The summed E-state index contributed by atoms with van der Waals surface area (Å²) in [6, 6.07) is 10.2. The molecule has 0 fully saturated rings. The average Bonchev–Trinajstić information content (AvgIpc) is 2.88. The molecule has 3 heteroatoms. The van der Waals surface area contributed by atoms with E-state index in [1.807, 2.05) is 29.1 Å². The van der Waals surface area contributed by atoms with Crippen LogP contribution in [0.4, 0.5) is 0 Å². The molecule has 1 aromatic carbocycles. The minimum Gasteiger partial charge on any atom is -0.312 e. The van der Waals surface area contributed by atoms with Crippen molar-refractivity contribution in [2.24, 2.45) is 11.3 Å². The smallest absolute Gasteiger partial charge is 0.0645 e. The van der Waals surface area contributed by atoms with Crippen molar-refractivity contribution in [1.82, 2.24) is 15.1 Å².